The number of benzene rings is 2. The molecule has 0 bridgehead atoms. The van der Waals surface area contributed by atoms with Crippen LogP contribution in [-0.4, -0.2) is 0 Å². The zero-order chi connectivity index (χ0) is 8.67. The van der Waals surface area contributed by atoms with Crippen molar-refractivity contribution in [2.45, 2.75) is 0 Å². The van der Waals surface area contributed by atoms with Crippen LogP contribution in [0.2, 0.25) is 0 Å². The quantitative estimate of drug-likeness (QED) is 0.500. The fourth-order valence-corrected chi connectivity index (χ4v) is 1.54. The van der Waals surface area contributed by atoms with Crippen molar-refractivity contribution in [1.82, 2.24) is 0 Å². The molecule has 1 heteroatoms. The highest BCUT2D eigenvalue weighted by molar-refractivity contribution is 6.04. The Kier molecular flexibility index (Phi) is 1.22. The zero-order valence-electron chi connectivity index (χ0n) is 6.87. The Bertz CT molecular complexity index is 513. The summed E-state index contributed by atoms with van der Waals surface area (Å²) in [6.07, 6.45) is 0. The average Bonchev–Trinajstić information content (AvgIpc) is 2.56. The summed E-state index contributed by atoms with van der Waals surface area (Å²) in [4.78, 5) is 0. The maximum atomic E-state index is 5.58. The minimum atomic E-state index is 0.817. The van der Waals surface area contributed by atoms with Crippen molar-refractivity contribution in [2.24, 2.45) is 0 Å². The SMILES string of the molecule is [c]1ccc2oc3[c]cccc3c2c1. The molecule has 0 N–H and O–H groups in total. The normalized spacial score (nSPS) is 11.1. The highest BCUT2D eigenvalue weighted by atomic mass is 16.3. The van der Waals surface area contributed by atoms with E-state index in [1.165, 1.54) is 0 Å². The lowest BCUT2D eigenvalue weighted by Gasteiger charge is -1.84. The van der Waals surface area contributed by atoms with Gasteiger partial charge < -0.3 is 4.42 Å². The lowest BCUT2D eigenvalue weighted by Crippen LogP contribution is -1.63. The van der Waals surface area contributed by atoms with Crippen LogP contribution >= 0.6 is 0 Å². The van der Waals surface area contributed by atoms with Crippen LogP contribution in [0.15, 0.2) is 40.8 Å². The van der Waals surface area contributed by atoms with Gasteiger partial charge in [0.05, 0.1) is 0 Å². The Hall–Kier alpha value is -1.76. The molecule has 0 spiro atoms. The fraction of sp³-hybridized carbons (Fsp3) is 0. The van der Waals surface area contributed by atoms with Crippen molar-refractivity contribution in [2.75, 3.05) is 0 Å². The number of para-hydroxylation sites is 1. The molecule has 1 nitrogen and oxygen atoms in total. The second kappa shape index (κ2) is 2.36. The summed E-state index contributed by atoms with van der Waals surface area (Å²) in [6, 6.07) is 17.7. The first-order valence-corrected chi connectivity index (χ1v) is 4.14. The molecular weight excluding hydrogens is 160 g/mol. The topological polar surface area (TPSA) is 13.1 Å². The molecular formula is C12H6O. The van der Waals surface area contributed by atoms with E-state index >= 15 is 0 Å². The van der Waals surface area contributed by atoms with Gasteiger partial charge in [0.2, 0.25) is 0 Å². The molecule has 0 unspecified atom stereocenters. The van der Waals surface area contributed by atoms with Crippen LogP contribution < -0.4 is 0 Å². The molecule has 2 radical (unpaired) electrons. The summed E-state index contributed by atoms with van der Waals surface area (Å²) in [5.74, 6) is 0. The van der Waals surface area contributed by atoms with E-state index in [0.717, 1.165) is 21.9 Å². The second-order valence-electron chi connectivity index (χ2n) is 2.94. The summed E-state index contributed by atoms with van der Waals surface area (Å²) in [5, 5.41) is 2.21. The molecule has 0 fully saturated rings. The molecule has 3 rings (SSSR count). The van der Waals surface area contributed by atoms with Crippen LogP contribution in [0.4, 0.5) is 0 Å². The van der Waals surface area contributed by atoms with Gasteiger partial charge >= 0.3 is 0 Å². The van der Waals surface area contributed by atoms with E-state index in [1.807, 2.05) is 36.4 Å². The minimum absolute atomic E-state index is 0.817. The van der Waals surface area contributed by atoms with E-state index in [9.17, 15) is 0 Å². The van der Waals surface area contributed by atoms with E-state index in [1.54, 1.807) is 0 Å². The van der Waals surface area contributed by atoms with Gasteiger partial charge in [-0.2, -0.15) is 0 Å². The Morgan fingerprint density at radius 2 is 2.08 bits per heavy atom. The number of hydrogen-bond donors (Lipinski definition) is 0. The average molecular weight is 166 g/mol. The van der Waals surface area contributed by atoms with Gasteiger partial charge in [-0.15, -0.1) is 0 Å². The van der Waals surface area contributed by atoms with Gasteiger partial charge in [0, 0.05) is 16.8 Å². The van der Waals surface area contributed by atoms with E-state index < -0.39 is 0 Å². The third-order valence-corrected chi connectivity index (χ3v) is 2.14. The minimum Gasteiger partial charge on any atom is -0.455 e. The van der Waals surface area contributed by atoms with Crippen LogP contribution in [0, 0.1) is 12.1 Å². The lowest BCUT2D eigenvalue weighted by molar-refractivity contribution is 0.668. The molecule has 1 heterocycles. The Labute approximate surface area is 75.6 Å². The summed E-state index contributed by atoms with van der Waals surface area (Å²) in [5.41, 5.74) is 1.72. The van der Waals surface area contributed by atoms with Crippen molar-refractivity contribution in [3.05, 3.63) is 48.5 Å². The van der Waals surface area contributed by atoms with Crippen LogP contribution in [0.5, 0.6) is 0 Å². The molecule has 3 aromatic rings. The van der Waals surface area contributed by atoms with Gasteiger partial charge in [-0.05, 0) is 18.2 Å². The Morgan fingerprint density at radius 1 is 1.08 bits per heavy atom. The van der Waals surface area contributed by atoms with E-state index in [4.69, 9.17) is 4.42 Å². The van der Waals surface area contributed by atoms with Crippen molar-refractivity contribution in [3.8, 4) is 0 Å². The molecule has 0 amide bonds. The fourth-order valence-electron chi connectivity index (χ4n) is 1.54. The summed E-state index contributed by atoms with van der Waals surface area (Å²) in [6.45, 7) is 0. The number of fused-ring (bicyclic) bond motifs is 3. The maximum absolute atomic E-state index is 5.58. The number of rotatable bonds is 0. The van der Waals surface area contributed by atoms with Crippen molar-refractivity contribution in [1.29, 1.82) is 0 Å². The van der Waals surface area contributed by atoms with Crippen molar-refractivity contribution in [3.63, 3.8) is 0 Å². The van der Waals surface area contributed by atoms with Crippen LogP contribution in [0.3, 0.4) is 0 Å². The molecule has 0 saturated carbocycles. The first-order chi connectivity index (χ1) is 6.45. The highest BCUT2D eigenvalue weighted by Crippen LogP contribution is 2.27. The van der Waals surface area contributed by atoms with Gasteiger partial charge in [-0.25, -0.2) is 0 Å². The largest absolute Gasteiger partial charge is 0.455 e. The molecule has 13 heavy (non-hydrogen) atoms. The maximum Gasteiger partial charge on any atom is 0.143 e. The first-order valence-electron chi connectivity index (χ1n) is 4.14. The van der Waals surface area contributed by atoms with Crippen molar-refractivity contribution < 1.29 is 4.42 Å². The summed E-state index contributed by atoms with van der Waals surface area (Å²) < 4.78 is 5.58. The molecule has 0 atom stereocenters. The standard InChI is InChI=1S/C12H6O/c1-3-7-11-9(5-1)10-6-2-4-8-12(10)13-11/h1,3-6,8H. The molecule has 0 aliphatic carbocycles. The molecule has 0 aliphatic heterocycles. The number of furan rings is 1. The third-order valence-electron chi connectivity index (χ3n) is 2.14. The van der Waals surface area contributed by atoms with Crippen LogP contribution in [-0.2, 0) is 0 Å². The third kappa shape index (κ3) is 0.872. The molecule has 1 aromatic heterocycles. The molecule has 2 aromatic carbocycles. The zero-order valence-corrected chi connectivity index (χ0v) is 6.87. The van der Waals surface area contributed by atoms with E-state index in [2.05, 4.69) is 12.1 Å². The van der Waals surface area contributed by atoms with Gasteiger partial charge in [-0.3, -0.25) is 0 Å². The smallest absolute Gasteiger partial charge is 0.143 e. The Balaban J connectivity index is 2.64. The molecule has 0 aliphatic rings. The van der Waals surface area contributed by atoms with Crippen molar-refractivity contribution >= 4 is 21.9 Å². The molecule has 0 saturated heterocycles. The van der Waals surface area contributed by atoms with E-state index in [-0.39, 0.29) is 0 Å². The molecule has 60 valence electrons. The van der Waals surface area contributed by atoms with Crippen LogP contribution in [0.1, 0.15) is 0 Å². The number of hydrogen-bond acceptors (Lipinski definition) is 1. The predicted molar refractivity (Wildman–Crippen MR) is 51.4 cm³/mol. The van der Waals surface area contributed by atoms with Crippen LogP contribution in [0.25, 0.3) is 21.9 Å². The Morgan fingerprint density at radius 3 is 3.08 bits per heavy atom. The first kappa shape index (κ1) is 6.72. The van der Waals surface area contributed by atoms with Gasteiger partial charge in [0.15, 0.2) is 0 Å². The second-order valence-corrected chi connectivity index (χ2v) is 2.94. The van der Waals surface area contributed by atoms with E-state index in [0.29, 0.717) is 0 Å². The predicted octanol–water partition coefficient (Wildman–Crippen LogP) is 3.19. The van der Waals surface area contributed by atoms with Gasteiger partial charge in [0.25, 0.3) is 0 Å². The highest BCUT2D eigenvalue weighted by Gasteiger charge is 2.03. The van der Waals surface area contributed by atoms with Gasteiger partial charge in [-0.1, -0.05) is 24.3 Å². The lowest BCUT2D eigenvalue weighted by atomic mass is 10.2. The summed E-state index contributed by atoms with van der Waals surface area (Å²) >= 11 is 0. The monoisotopic (exact) mass is 166 g/mol. The summed E-state index contributed by atoms with van der Waals surface area (Å²) in [7, 11) is 0. The van der Waals surface area contributed by atoms with Gasteiger partial charge in [0.1, 0.15) is 11.2 Å².